The number of para-hydroxylation sites is 1. The Balaban J connectivity index is 1.37. The van der Waals surface area contributed by atoms with Crippen molar-refractivity contribution in [1.82, 2.24) is 0 Å². The largest absolute Gasteiger partial charge is 0.455 e. The molecule has 9 rings (SSSR count). The molecule has 0 spiro atoms. The third-order valence-electron chi connectivity index (χ3n) is 9.01. The van der Waals surface area contributed by atoms with E-state index in [-0.39, 0.29) is 0 Å². The predicted molar refractivity (Wildman–Crippen MR) is 190 cm³/mol. The fourth-order valence-corrected chi connectivity index (χ4v) is 7.04. The van der Waals surface area contributed by atoms with E-state index in [1.807, 2.05) is 30.3 Å². The summed E-state index contributed by atoms with van der Waals surface area (Å²) in [5.41, 5.74) is 11.1. The number of fused-ring (bicyclic) bond motifs is 5. The molecular weight excluding hydrogens is 544 g/mol. The summed E-state index contributed by atoms with van der Waals surface area (Å²) >= 11 is 0. The Bertz CT molecular complexity index is 2520. The lowest BCUT2D eigenvalue weighted by atomic mass is 9.84. The van der Waals surface area contributed by atoms with Gasteiger partial charge in [-0.1, -0.05) is 152 Å². The van der Waals surface area contributed by atoms with Crippen LogP contribution in [0.3, 0.4) is 0 Å². The van der Waals surface area contributed by atoms with Crippen LogP contribution in [0.1, 0.15) is 1.37 Å². The molecule has 0 saturated carbocycles. The first kappa shape index (κ1) is 24.5. The van der Waals surface area contributed by atoms with Gasteiger partial charge in [-0.05, 0) is 78.7 Å². The van der Waals surface area contributed by atoms with E-state index in [1.54, 1.807) is 0 Å². The van der Waals surface area contributed by atoms with E-state index in [1.165, 1.54) is 43.8 Å². The topological polar surface area (TPSA) is 13.1 Å². The van der Waals surface area contributed by atoms with E-state index < -0.39 is 0 Å². The maximum absolute atomic E-state index is 7.94. The van der Waals surface area contributed by atoms with Crippen molar-refractivity contribution in [2.75, 3.05) is 0 Å². The molecule has 8 aromatic carbocycles. The number of benzene rings is 8. The molecule has 0 amide bonds. The van der Waals surface area contributed by atoms with Crippen LogP contribution in [0.4, 0.5) is 0 Å². The second kappa shape index (κ2) is 10.4. The SMILES string of the molecule is [2H]c1ccc(-c2cccc(-c3c4ccccc4c(-c4ccc(-c5ccccc5)c5oc6ccccc6c45)c4ccccc34)c2)cc1. The molecule has 45 heavy (non-hydrogen) atoms. The number of hydrogen-bond acceptors (Lipinski definition) is 1. The van der Waals surface area contributed by atoms with Crippen LogP contribution >= 0.6 is 0 Å². The molecule has 0 bridgehead atoms. The Hall–Kier alpha value is -5.92. The van der Waals surface area contributed by atoms with E-state index in [2.05, 4.69) is 133 Å². The molecule has 0 saturated heterocycles. The first-order chi connectivity index (χ1) is 22.7. The molecule has 0 atom stereocenters. The van der Waals surface area contributed by atoms with Gasteiger partial charge in [0.15, 0.2) is 0 Å². The van der Waals surface area contributed by atoms with Gasteiger partial charge in [0.05, 0.1) is 1.37 Å². The highest BCUT2D eigenvalue weighted by Gasteiger charge is 2.22. The Labute approximate surface area is 263 Å². The molecule has 1 nitrogen and oxygen atoms in total. The zero-order chi connectivity index (χ0) is 30.6. The summed E-state index contributed by atoms with van der Waals surface area (Å²) < 4.78 is 14.6. The van der Waals surface area contributed by atoms with Gasteiger partial charge in [-0.15, -0.1) is 0 Å². The third kappa shape index (κ3) is 4.09. The van der Waals surface area contributed by atoms with Crippen molar-refractivity contribution in [2.24, 2.45) is 0 Å². The van der Waals surface area contributed by atoms with Crippen molar-refractivity contribution in [3.63, 3.8) is 0 Å². The standard InChI is InChI=1S/C44H28O/c1-3-14-29(15-4-1)31-18-13-19-32(28-31)41-34-20-7-9-22-36(34)42(37-23-10-8-21-35(37)41)39-27-26-33(30-16-5-2-6-17-30)44-43(39)38-24-11-12-25-40(38)45-44/h1-28H/i1D. The lowest BCUT2D eigenvalue weighted by Gasteiger charge is -2.19. The van der Waals surface area contributed by atoms with E-state index >= 15 is 0 Å². The van der Waals surface area contributed by atoms with Gasteiger partial charge in [-0.3, -0.25) is 0 Å². The third-order valence-corrected chi connectivity index (χ3v) is 9.01. The molecule has 1 heteroatoms. The first-order valence-electron chi connectivity index (χ1n) is 15.9. The minimum atomic E-state index is 0.517. The van der Waals surface area contributed by atoms with Gasteiger partial charge >= 0.3 is 0 Å². The second-order valence-electron chi connectivity index (χ2n) is 11.5. The van der Waals surface area contributed by atoms with Crippen molar-refractivity contribution in [3.05, 3.63) is 170 Å². The van der Waals surface area contributed by atoms with Gasteiger partial charge in [-0.2, -0.15) is 0 Å². The van der Waals surface area contributed by atoms with Crippen molar-refractivity contribution >= 4 is 43.5 Å². The fraction of sp³-hybridized carbons (Fsp3) is 0. The Morgan fingerprint density at radius 1 is 0.378 bits per heavy atom. The Morgan fingerprint density at radius 3 is 1.62 bits per heavy atom. The first-order valence-corrected chi connectivity index (χ1v) is 15.4. The van der Waals surface area contributed by atoms with Gasteiger partial charge in [-0.25, -0.2) is 0 Å². The zero-order valence-electron chi connectivity index (χ0n) is 25.5. The van der Waals surface area contributed by atoms with Gasteiger partial charge < -0.3 is 4.42 Å². The molecule has 0 unspecified atom stereocenters. The van der Waals surface area contributed by atoms with Crippen molar-refractivity contribution in [3.8, 4) is 44.5 Å². The van der Waals surface area contributed by atoms with Crippen molar-refractivity contribution in [1.29, 1.82) is 0 Å². The predicted octanol–water partition coefficient (Wildman–Crippen LogP) is 12.6. The molecule has 210 valence electrons. The Morgan fingerprint density at radius 2 is 0.911 bits per heavy atom. The lowest BCUT2D eigenvalue weighted by molar-refractivity contribution is 0.670. The minimum absolute atomic E-state index is 0.517. The molecular formula is C44H28O. The number of hydrogen-bond donors (Lipinski definition) is 0. The average Bonchev–Trinajstić information content (AvgIpc) is 3.51. The molecule has 0 N–H and O–H groups in total. The molecule has 0 fully saturated rings. The van der Waals surface area contributed by atoms with Gasteiger partial charge in [0.1, 0.15) is 11.2 Å². The van der Waals surface area contributed by atoms with Crippen LogP contribution in [0.5, 0.6) is 0 Å². The highest BCUT2D eigenvalue weighted by molar-refractivity contribution is 6.26. The quantitative estimate of drug-likeness (QED) is 0.191. The van der Waals surface area contributed by atoms with Crippen molar-refractivity contribution < 1.29 is 5.79 Å². The van der Waals surface area contributed by atoms with Crippen LogP contribution in [0.2, 0.25) is 0 Å². The summed E-state index contributed by atoms with van der Waals surface area (Å²) in [7, 11) is 0. The van der Waals surface area contributed by atoms with Crippen LogP contribution in [0, 0.1) is 0 Å². The van der Waals surface area contributed by atoms with Crippen LogP contribution in [0.25, 0.3) is 88.0 Å². The van der Waals surface area contributed by atoms with Crippen molar-refractivity contribution in [2.45, 2.75) is 0 Å². The summed E-state index contributed by atoms with van der Waals surface area (Å²) in [5, 5.41) is 7.10. The Kier molecular flexibility index (Phi) is 5.65. The fourth-order valence-electron chi connectivity index (χ4n) is 7.04. The minimum Gasteiger partial charge on any atom is -0.455 e. The molecule has 0 aliphatic carbocycles. The van der Waals surface area contributed by atoms with Crippen LogP contribution in [0.15, 0.2) is 174 Å². The monoisotopic (exact) mass is 573 g/mol. The van der Waals surface area contributed by atoms with E-state index in [9.17, 15) is 0 Å². The van der Waals surface area contributed by atoms with Gasteiger partial charge in [0.25, 0.3) is 0 Å². The summed E-state index contributed by atoms with van der Waals surface area (Å²) in [4.78, 5) is 0. The van der Waals surface area contributed by atoms with Gasteiger partial charge in [0, 0.05) is 16.3 Å². The maximum Gasteiger partial charge on any atom is 0.143 e. The molecule has 1 heterocycles. The van der Waals surface area contributed by atoms with Crippen LogP contribution in [-0.4, -0.2) is 0 Å². The molecule has 0 radical (unpaired) electrons. The van der Waals surface area contributed by atoms with E-state index in [0.29, 0.717) is 6.04 Å². The zero-order valence-corrected chi connectivity index (χ0v) is 24.5. The molecule has 9 aromatic rings. The smallest absolute Gasteiger partial charge is 0.143 e. The summed E-state index contributed by atoms with van der Waals surface area (Å²) in [6.07, 6.45) is 0. The maximum atomic E-state index is 7.94. The highest BCUT2D eigenvalue weighted by atomic mass is 16.3. The van der Waals surface area contributed by atoms with Crippen LogP contribution in [-0.2, 0) is 0 Å². The summed E-state index contributed by atoms with van der Waals surface area (Å²) in [6.45, 7) is 0. The second-order valence-corrected chi connectivity index (χ2v) is 11.5. The summed E-state index contributed by atoms with van der Waals surface area (Å²) in [6, 6.07) is 58.1. The normalized spacial score (nSPS) is 11.9. The number of rotatable bonds is 4. The molecule has 0 aliphatic rings. The molecule has 0 aliphatic heterocycles. The van der Waals surface area contributed by atoms with E-state index in [4.69, 9.17) is 5.79 Å². The highest BCUT2D eigenvalue weighted by Crippen LogP contribution is 2.48. The summed E-state index contributed by atoms with van der Waals surface area (Å²) in [5.74, 6) is 0. The average molecular weight is 574 g/mol. The van der Waals surface area contributed by atoms with Gasteiger partial charge in [0.2, 0.25) is 0 Å². The lowest BCUT2D eigenvalue weighted by Crippen LogP contribution is -1.92. The van der Waals surface area contributed by atoms with E-state index in [0.717, 1.165) is 44.2 Å². The number of furan rings is 1. The van der Waals surface area contributed by atoms with Crippen LogP contribution < -0.4 is 0 Å². The molecule has 1 aromatic heterocycles.